The first-order valence-corrected chi connectivity index (χ1v) is 4.84. The van der Waals surface area contributed by atoms with Gasteiger partial charge in [-0.15, -0.1) is 0 Å². The number of hydrogen-bond donors (Lipinski definition) is 1. The molecule has 0 unspecified atom stereocenters. The zero-order valence-electron chi connectivity index (χ0n) is 8.31. The highest BCUT2D eigenvalue weighted by Gasteiger charge is 2.13. The van der Waals surface area contributed by atoms with Crippen molar-refractivity contribution in [2.24, 2.45) is 5.73 Å². The van der Waals surface area contributed by atoms with Crippen molar-refractivity contribution in [3.63, 3.8) is 0 Å². The zero-order valence-corrected chi connectivity index (χ0v) is 8.31. The van der Waals surface area contributed by atoms with Crippen LogP contribution in [-0.2, 0) is 0 Å². The molecule has 2 N–H and O–H groups in total. The number of hydrogen-bond acceptors (Lipinski definition) is 2. The molecule has 1 aromatic carbocycles. The molecule has 0 aliphatic rings. The van der Waals surface area contributed by atoms with Gasteiger partial charge in [0.15, 0.2) is 0 Å². The predicted octanol–water partition coefficient (Wildman–Crippen LogP) is 0.989. The predicted molar refractivity (Wildman–Crippen MR) is 60.9 cm³/mol. The van der Waals surface area contributed by atoms with Crippen LogP contribution in [0.15, 0.2) is 41.5 Å². The lowest BCUT2D eigenvalue weighted by molar-refractivity contribution is 0.0999. The summed E-state index contributed by atoms with van der Waals surface area (Å²) in [4.78, 5) is 23.1. The lowest BCUT2D eigenvalue weighted by atomic mass is 10.1. The summed E-state index contributed by atoms with van der Waals surface area (Å²) < 4.78 is 1.76. The van der Waals surface area contributed by atoms with Crippen LogP contribution in [0, 0.1) is 0 Å². The SMILES string of the molecule is NC(=O)c1cn2ccc3cccc(c1=O)c32. The molecule has 0 atom stereocenters. The minimum Gasteiger partial charge on any atom is -0.365 e. The third-order valence-electron chi connectivity index (χ3n) is 2.76. The average molecular weight is 212 g/mol. The number of nitrogens with zero attached hydrogens (tertiary/aromatic N) is 1. The highest BCUT2D eigenvalue weighted by molar-refractivity contribution is 6.01. The number of benzene rings is 1. The van der Waals surface area contributed by atoms with Gasteiger partial charge in [-0.05, 0) is 12.1 Å². The molecule has 0 saturated heterocycles. The fourth-order valence-corrected chi connectivity index (χ4v) is 2.03. The summed E-state index contributed by atoms with van der Waals surface area (Å²) in [5.74, 6) is -0.693. The maximum atomic E-state index is 12.0. The van der Waals surface area contributed by atoms with Crippen LogP contribution in [0.2, 0.25) is 0 Å². The van der Waals surface area contributed by atoms with Crippen molar-refractivity contribution in [1.82, 2.24) is 4.40 Å². The van der Waals surface area contributed by atoms with Gasteiger partial charge in [-0.3, -0.25) is 9.59 Å². The number of para-hydroxylation sites is 1. The molecule has 4 heteroatoms. The molecule has 0 fully saturated rings. The molecule has 0 bridgehead atoms. The number of aromatic nitrogens is 1. The van der Waals surface area contributed by atoms with Crippen molar-refractivity contribution >= 4 is 22.2 Å². The molecule has 0 saturated carbocycles. The van der Waals surface area contributed by atoms with Crippen LogP contribution in [-0.4, -0.2) is 10.3 Å². The Balaban J connectivity index is 2.65. The molecule has 0 aliphatic carbocycles. The second kappa shape index (κ2) is 2.82. The number of pyridine rings is 1. The molecule has 2 aromatic heterocycles. The summed E-state index contributed by atoms with van der Waals surface area (Å²) >= 11 is 0. The lowest BCUT2D eigenvalue weighted by Gasteiger charge is -2.02. The summed E-state index contributed by atoms with van der Waals surface area (Å²) in [5.41, 5.74) is 5.72. The van der Waals surface area contributed by atoms with Crippen LogP contribution in [0.5, 0.6) is 0 Å². The van der Waals surface area contributed by atoms with E-state index in [9.17, 15) is 9.59 Å². The molecular formula is C12H8N2O2. The first-order valence-electron chi connectivity index (χ1n) is 4.84. The van der Waals surface area contributed by atoms with Crippen molar-refractivity contribution in [2.45, 2.75) is 0 Å². The van der Waals surface area contributed by atoms with Gasteiger partial charge in [0.2, 0.25) is 5.43 Å². The summed E-state index contributed by atoms with van der Waals surface area (Å²) in [5, 5.41) is 1.50. The third kappa shape index (κ3) is 0.982. The summed E-state index contributed by atoms with van der Waals surface area (Å²) in [6, 6.07) is 7.32. The van der Waals surface area contributed by atoms with E-state index < -0.39 is 5.91 Å². The van der Waals surface area contributed by atoms with E-state index in [4.69, 9.17) is 5.73 Å². The molecule has 0 spiro atoms. The summed E-state index contributed by atoms with van der Waals surface area (Å²) in [6.45, 7) is 0. The maximum absolute atomic E-state index is 12.0. The van der Waals surface area contributed by atoms with E-state index in [0.29, 0.717) is 5.39 Å². The molecule has 3 aromatic rings. The van der Waals surface area contributed by atoms with E-state index in [1.807, 2.05) is 18.3 Å². The number of primary amides is 1. The zero-order chi connectivity index (χ0) is 11.3. The number of carbonyl (C=O) groups excluding carboxylic acids is 1. The fraction of sp³-hybridized carbons (Fsp3) is 0. The van der Waals surface area contributed by atoms with Crippen LogP contribution in [0.4, 0.5) is 0 Å². The number of carbonyl (C=O) groups is 1. The van der Waals surface area contributed by atoms with Crippen molar-refractivity contribution in [1.29, 1.82) is 0 Å². The Kier molecular flexibility index (Phi) is 1.57. The monoisotopic (exact) mass is 212 g/mol. The second-order valence-corrected chi connectivity index (χ2v) is 3.70. The Morgan fingerprint density at radius 2 is 2.06 bits per heavy atom. The second-order valence-electron chi connectivity index (χ2n) is 3.70. The van der Waals surface area contributed by atoms with Crippen LogP contribution in [0.3, 0.4) is 0 Å². The Morgan fingerprint density at radius 1 is 1.25 bits per heavy atom. The van der Waals surface area contributed by atoms with E-state index in [1.54, 1.807) is 16.5 Å². The quantitative estimate of drug-likeness (QED) is 0.653. The first-order chi connectivity index (χ1) is 7.68. The molecule has 78 valence electrons. The van der Waals surface area contributed by atoms with Crippen molar-refractivity contribution < 1.29 is 4.79 Å². The van der Waals surface area contributed by atoms with Gasteiger partial charge in [-0.2, -0.15) is 0 Å². The average Bonchev–Trinajstić information content (AvgIpc) is 2.67. The van der Waals surface area contributed by atoms with E-state index >= 15 is 0 Å². The van der Waals surface area contributed by atoms with Gasteiger partial charge < -0.3 is 10.1 Å². The van der Waals surface area contributed by atoms with Gasteiger partial charge in [0.1, 0.15) is 5.56 Å². The van der Waals surface area contributed by atoms with Crippen molar-refractivity contribution in [2.75, 3.05) is 0 Å². The topological polar surface area (TPSA) is 64.6 Å². The highest BCUT2D eigenvalue weighted by Crippen LogP contribution is 2.19. The van der Waals surface area contributed by atoms with Gasteiger partial charge in [0.25, 0.3) is 5.91 Å². The highest BCUT2D eigenvalue weighted by atomic mass is 16.2. The Hall–Kier alpha value is -2.36. The smallest absolute Gasteiger partial charge is 0.254 e. The minimum atomic E-state index is -0.693. The minimum absolute atomic E-state index is 0.0243. The molecular weight excluding hydrogens is 204 g/mol. The largest absolute Gasteiger partial charge is 0.365 e. The first kappa shape index (κ1) is 8.91. The van der Waals surface area contributed by atoms with Gasteiger partial charge >= 0.3 is 0 Å². The molecule has 2 heterocycles. The van der Waals surface area contributed by atoms with Gasteiger partial charge in [-0.25, -0.2) is 0 Å². The Labute approximate surface area is 90.2 Å². The summed E-state index contributed by atoms with van der Waals surface area (Å²) in [7, 11) is 0. The molecule has 4 nitrogen and oxygen atoms in total. The standard InChI is InChI=1S/C12H8N2O2/c13-12(16)9-6-14-5-4-7-2-1-3-8(10(7)14)11(9)15/h1-6H,(H2,13,16). The van der Waals surface area contributed by atoms with Crippen LogP contribution in [0.25, 0.3) is 16.3 Å². The molecule has 3 rings (SSSR count). The molecule has 16 heavy (non-hydrogen) atoms. The Bertz CT molecular complexity index is 758. The fourth-order valence-electron chi connectivity index (χ4n) is 2.03. The van der Waals surface area contributed by atoms with E-state index in [1.165, 1.54) is 6.20 Å². The van der Waals surface area contributed by atoms with Crippen LogP contribution < -0.4 is 11.2 Å². The van der Waals surface area contributed by atoms with Crippen LogP contribution in [0.1, 0.15) is 10.4 Å². The number of nitrogens with two attached hydrogens (primary N) is 1. The normalized spacial score (nSPS) is 11.2. The van der Waals surface area contributed by atoms with E-state index in [-0.39, 0.29) is 11.0 Å². The van der Waals surface area contributed by atoms with E-state index in [0.717, 1.165) is 10.9 Å². The van der Waals surface area contributed by atoms with Crippen LogP contribution >= 0.6 is 0 Å². The van der Waals surface area contributed by atoms with Crippen molar-refractivity contribution in [3.05, 3.63) is 52.4 Å². The lowest BCUT2D eigenvalue weighted by Crippen LogP contribution is -2.22. The Morgan fingerprint density at radius 3 is 2.81 bits per heavy atom. The van der Waals surface area contributed by atoms with Crippen molar-refractivity contribution in [3.8, 4) is 0 Å². The van der Waals surface area contributed by atoms with Gasteiger partial charge in [0.05, 0.1) is 5.52 Å². The number of amides is 1. The number of rotatable bonds is 1. The summed E-state index contributed by atoms with van der Waals surface area (Å²) in [6.07, 6.45) is 3.30. The maximum Gasteiger partial charge on any atom is 0.254 e. The molecule has 0 aliphatic heterocycles. The van der Waals surface area contributed by atoms with Gasteiger partial charge in [-0.1, -0.05) is 12.1 Å². The van der Waals surface area contributed by atoms with Gasteiger partial charge in [0, 0.05) is 23.2 Å². The molecule has 1 amide bonds. The molecule has 0 radical (unpaired) electrons. The third-order valence-corrected chi connectivity index (χ3v) is 2.76. The van der Waals surface area contributed by atoms with E-state index in [2.05, 4.69) is 0 Å².